The van der Waals surface area contributed by atoms with Crippen molar-refractivity contribution in [2.75, 3.05) is 32.8 Å². The summed E-state index contributed by atoms with van der Waals surface area (Å²) >= 11 is 0. The lowest BCUT2D eigenvalue weighted by molar-refractivity contribution is -0.122. The van der Waals surface area contributed by atoms with Gasteiger partial charge >= 0.3 is 0 Å². The number of halogens is 1. The monoisotopic (exact) mass is 547 g/mol. The summed E-state index contributed by atoms with van der Waals surface area (Å²) in [4.78, 5) is 16.5. The number of amides is 1. The molecule has 1 aromatic heterocycles. The van der Waals surface area contributed by atoms with Crippen LogP contribution in [-0.4, -0.2) is 55.6 Å². The highest BCUT2D eigenvalue weighted by Crippen LogP contribution is 2.32. The predicted octanol–water partition coefficient (Wildman–Crippen LogP) is 4.84. The molecule has 2 rings (SSSR count). The van der Waals surface area contributed by atoms with Gasteiger partial charge in [-0.2, -0.15) is 4.39 Å². The average molecular weight is 548 g/mol. The predicted molar refractivity (Wildman–Crippen MR) is 151 cm³/mol. The van der Waals surface area contributed by atoms with Crippen LogP contribution in [0.15, 0.2) is 36.5 Å². The van der Waals surface area contributed by atoms with Gasteiger partial charge < -0.3 is 30.4 Å². The number of aliphatic hydroxyl groups excluding tert-OH is 1. The second-order valence-electron chi connectivity index (χ2n) is 10.8. The SMILES string of the molecule is COCCCOc1cc(C[C@@H](C[C@H](N)[C@@H](O)C[C@H](C(=O)Nc2cccnc2F)C(C)C)C(C)C)ccc1OC. The third kappa shape index (κ3) is 10.4. The largest absolute Gasteiger partial charge is 0.493 e. The van der Waals surface area contributed by atoms with E-state index in [0.717, 1.165) is 18.4 Å². The Morgan fingerprint density at radius 2 is 1.82 bits per heavy atom. The lowest BCUT2D eigenvalue weighted by Crippen LogP contribution is -2.41. The summed E-state index contributed by atoms with van der Waals surface area (Å²) in [5.74, 6) is 0.153. The van der Waals surface area contributed by atoms with E-state index in [0.29, 0.717) is 37.1 Å². The molecule has 0 aliphatic carbocycles. The molecular weight excluding hydrogens is 501 g/mol. The zero-order chi connectivity index (χ0) is 28.9. The Balaban J connectivity index is 2.05. The number of hydrogen-bond donors (Lipinski definition) is 3. The summed E-state index contributed by atoms with van der Waals surface area (Å²) in [5.41, 5.74) is 7.61. The number of carbonyl (C=O) groups excluding carboxylic acids is 1. The highest BCUT2D eigenvalue weighted by molar-refractivity contribution is 5.92. The van der Waals surface area contributed by atoms with Crippen molar-refractivity contribution in [1.29, 1.82) is 0 Å². The van der Waals surface area contributed by atoms with Crippen molar-refractivity contribution in [2.45, 2.75) is 65.5 Å². The molecule has 4 N–H and O–H groups in total. The van der Waals surface area contributed by atoms with Crippen molar-refractivity contribution in [3.8, 4) is 11.5 Å². The number of methoxy groups -OCH3 is 2. The third-order valence-electron chi connectivity index (χ3n) is 7.14. The minimum Gasteiger partial charge on any atom is -0.493 e. The van der Waals surface area contributed by atoms with E-state index >= 15 is 0 Å². The van der Waals surface area contributed by atoms with E-state index in [1.165, 1.54) is 12.3 Å². The fourth-order valence-electron chi connectivity index (χ4n) is 4.57. The Kier molecular flexibility index (Phi) is 13.6. The van der Waals surface area contributed by atoms with Gasteiger partial charge in [0.2, 0.25) is 11.9 Å². The number of ether oxygens (including phenoxy) is 3. The molecule has 0 saturated carbocycles. The first-order chi connectivity index (χ1) is 18.6. The molecule has 8 nitrogen and oxygen atoms in total. The van der Waals surface area contributed by atoms with Gasteiger partial charge in [0.15, 0.2) is 11.5 Å². The Hall–Kier alpha value is -2.75. The molecule has 39 heavy (non-hydrogen) atoms. The first kappa shape index (κ1) is 32.5. The number of rotatable bonds is 17. The molecule has 0 unspecified atom stereocenters. The van der Waals surface area contributed by atoms with Crippen LogP contribution >= 0.6 is 0 Å². The number of nitrogens with one attached hydrogen (secondary N) is 1. The Morgan fingerprint density at radius 3 is 2.44 bits per heavy atom. The van der Waals surface area contributed by atoms with Gasteiger partial charge in [-0.05, 0) is 66.8 Å². The number of aromatic nitrogens is 1. The Morgan fingerprint density at radius 1 is 1.08 bits per heavy atom. The molecule has 0 aliphatic heterocycles. The number of carbonyl (C=O) groups is 1. The molecule has 0 bridgehead atoms. The number of anilines is 1. The summed E-state index contributed by atoms with van der Waals surface area (Å²) in [5, 5.41) is 13.6. The molecule has 0 fully saturated rings. The van der Waals surface area contributed by atoms with Crippen LogP contribution in [0.3, 0.4) is 0 Å². The van der Waals surface area contributed by atoms with E-state index in [2.05, 4.69) is 24.1 Å². The van der Waals surface area contributed by atoms with Gasteiger partial charge in [-0.15, -0.1) is 0 Å². The minimum atomic E-state index is -0.890. The lowest BCUT2D eigenvalue weighted by atomic mass is 9.81. The van der Waals surface area contributed by atoms with Crippen LogP contribution in [0.1, 0.15) is 52.5 Å². The second kappa shape index (κ2) is 16.4. The van der Waals surface area contributed by atoms with Crippen LogP contribution in [0.5, 0.6) is 11.5 Å². The zero-order valence-corrected chi connectivity index (χ0v) is 24.2. The number of benzene rings is 1. The number of nitrogens with two attached hydrogens (primary N) is 1. The molecule has 1 heterocycles. The molecule has 4 atom stereocenters. The molecule has 1 aromatic carbocycles. The van der Waals surface area contributed by atoms with Crippen molar-refractivity contribution in [3.63, 3.8) is 0 Å². The highest BCUT2D eigenvalue weighted by Gasteiger charge is 2.30. The normalized spacial score (nSPS) is 14.6. The van der Waals surface area contributed by atoms with Gasteiger partial charge in [0, 0.05) is 38.3 Å². The summed E-state index contributed by atoms with van der Waals surface area (Å²) in [6, 6.07) is 8.42. The van der Waals surface area contributed by atoms with Crippen LogP contribution in [0.25, 0.3) is 0 Å². The standard InChI is InChI=1S/C30H46FN3O5/c1-19(2)22(15-21-10-11-27(38-6)28(16-21)39-14-8-13-37-5)17-24(32)26(35)18-23(20(3)4)30(36)34-25-9-7-12-33-29(25)31/h7,9-12,16,19-20,22-24,26,35H,8,13-15,17-18,32H2,1-6H3,(H,34,36)/t22-,23-,24-,26-/m0/s1. The van der Waals surface area contributed by atoms with Crippen LogP contribution < -0.4 is 20.5 Å². The van der Waals surface area contributed by atoms with E-state index in [-0.39, 0.29) is 29.9 Å². The summed E-state index contributed by atoms with van der Waals surface area (Å²) in [7, 11) is 3.28. The van der Waals surface area contributed by atoms with Crippen molar-refractivity contribution < 1.29 is 28.5 Å². The second-order valence-corrected chi connectivity index (χ2v) is 10.8. The van der Waals surface area contributed by atoms with Gasteiger partial charge in [0.25, 0.3) is 0 Å². The quantitative estimate of drug-likeness (QED) is 0.192. The lowest BCUT2D eigenvalue weighted by Gasteiger charge is -2.30. The summed E-state index contributed by atoms with van der Waals surface area (Å²) < 4.78 is 30.4. The van der Waals surface area contributed by atoms with Crippen LogP contribution in [0.4, 0.5) is 10.1 Å². The Bertz CT molecular complexity index is 1020. The van der Waals surface area contributed by atoms with Gasteiger partial charge in [-0.25, -0.2) is 4.98 Å². The molecule has 218 valence electrons. The van der Waals surface area contributed by atoms with Crippen molar-refractivity contribution in [2.24, 2.45) is 29.4 Å². The van der Waals surface area contributed by atoms with E-state index in [4.69, 9.17) is 19.9 Å². The fraction of sp³-hybridized carbons (Fsp3) is 0.600. The molecule has 2 aromatic rings. The molecule has 1 amide bonds. The molecule has 0 spiro atoms. The van der Waals surface area contributed by atoms with Crippen LogP contribution in [-0.2, 0) is 16.0 Å². The van der Waals surface area contributed by atoms with Gasteiger partial charge in [0.1, 0.15) is 0 Å². The maximum atomic E-state index is 13.9. The molecule has 0 saturated heterocycles. The zero-order valence-electron chi connectivity index (χ0n) is 24.2. The van der Waals surface area contributed by atoms with Crippen LogP contribution in [0, 0.1) is 29.6 Å². The van der Waals surface area contributed by atoms with Gasteiger partial charge in [-0.3, -0.25) is 4.79 Å². The Labute approximate surface area is 232 Å². The van der Waals surface area contributed by atoms with Gasteiger partial charge in [-0.1, -0.05) is 33.8 Å². The molecule has 9 heteroatoms. The maximum absolute atomic E-state index is 13.9. The van der Waals surface area contributed by atoms with E-state index in [1.807, 2.05) is 32.0 Å². The van der Waals surface area contributed by atoms with Crippen molar-refractivity contribution in [3.05, 3.63) is 48.0 Å². The van der Waals surface area contributed by atoms with Crippen molar-refractivity contribution >= 4 is 11.6 Å². The number of hydrogen-bond acceptors (Lipinski definition) is 7. The van der Waals surface area contributed by atoms with Gasteiger partial charge in [0.05, 0.1) is 25.5 Å². The first-order valence-electron chi connectivity index (χ1n) is 13.7. The average Bonchev–Trinajstić information content (AvgIpc) is 2.90. The number of aliphatic hydroxyl groups is 1. The summed E-state index contributed by atoms with van der Waals surface area (Å²) in [6.07, 6.45) is 2.72. The topological polar surface area (TPSA) is 116 Å². The smallest absolute Gasteiger partial charge is 0.236 e. The first-order valence-corrected chi connectivity index (χ1v) is 13.7. The van der Waals surface area contributed by atoms with E-state index < -0.39 is 24.0 Å². The van der Waals surface area contributed by atoms with Crippen molar-refractivity contribution in [1.82, 2.24) is 4.98 Å². The molecule has 0 radical (unpaired) electrons. The maximum Gasteiger partial charge on any atom is 0.236 e. The number of pyridine rings is 1. The number of nitrogens with zero attached hydrogens (tertiary/aromatic N) is 1. The fourth-order valence-corrected chi connectivity index (χ4v) is 4.57. The summed E-state index contributed by atoms with van der Waals surface area (Å²) in [6.45, 7) is 9.23. The van der Waals surface area contributed by atoms with Crippen LogP contribution in [0.2, 0.25) is 0 Å². The molecule has 0 aliphatic rings. The third-order valence-corrected chi connectivity index (χ3v) is 7.14. The molecular formula is C30H46FN3O5. The minimum absolute atomic E-state index is 0.0216. The van der Waals surface area contributed by atoms with E-state index in [9.17, 15) is 14.3 Å². The van der Waals surface area contributed by atoms with E-state index in [1.54, 1.807) is 20.3 Å². The highest BCUT2D eigenvalue weighted by atomic mass is 19.1.